The molecule has 2 rings (SSSR count). The van der Waals surface area contributed by atoms with Crippen molar-refractivity contribution in [3.63, 3.8) is 0 Å². The Morgan fingerprint density at radius 2 is 1.00 bits per heavy atom. The van der Waals surface area contributed by atoms with Gasteiger partial charge in [0.25, 0.3) is 11.8 Å². The van der Waals surface area contributed by atoms with E-state index in [0.717, 1.165) is 36.4 Å². The van der Waals surface area contributed by atoms with E-state index < -0.39 is 46.3 Å². The van der Waals surface area contributed by atoms with E-state index >= 15 is 0 Å². The van der Waals surface area contributed by atoms with E-state index in [1.54, 1.807) is 12.1 Å². The van der Waals surface area contributed by atoms with Crippen molar-refractivity contribution in [1.29, 1.82) is 10.5 Å². The number of nitrogens with zero attached hydrogens (tertiary/aromatic N) is 2. The summed E-state index contributed by atoms with van der Waals surface area (Å²) in [5.41, 5.74) is -0.479. The fourth-order valence-corrected chi connectivity index (χ4v) is 2.73. The van der Waals surface area contributed by atoms with Gasteiger partial charge in [-0.05, 0) is 54.0 Å². The molecule has 0 unspecified atom stereocenters. The highest BCUT2D eigenvalue weighted by Gasteiger charge is 2.13. The molecule has 8 N–H and O–H groups in total. The second-order valence-electron chi connectivity index (χ2n) is 7.02. The molecule has 0 aliphatic rings. The standard InChI is InChI=1S/C23H20N4O8/c24-10-14(4-12-6-16(28)20(32)17(29)7-12)22(34)26-2-1-3-27-23(35)15(11-25)5-13-8-18(30)21(33)19(31)9-13/h4-9,28-33H,1-3H2,(H,26,34)(H,27,35)/b14-4-,15-5+. The molecule has 2 amide bonds. The molecule has 0 saturated heterocycles. The first-order chi connectivity index (χ1) is 16.6. The minimum absolute atomic E-state index is 0.0511. The molecule has 180 valence electrons. The Morgan fingerprint density at radius 3 is 1.29 bits per heavy atom. The lowest BCUT2D eigenvalue weighted by atomic mass is 10.1. The first kappa shape index (κ1) is 25.9. The van der Waals surface area contributed by atoms with Crippen molar-refractivity contribution in [1.82, 2.24) is 10.6 Å². The van der Waals surface area contributed by atoms with Gasteiger partial charge in [-0.3, -0.25) is 9.59 Å². The molecule has 0 radical (unpaired) electrons. The fraction of sp³-hybridized carbons (Fsp3) is 0.130. The summed E-state index contributed by atoms with van der Waals surface area (Å²) < 4.78 is 0. The average Bonchev–Trinajstić information content (AvgIpc) is 2.82. The smallest absolute Gasteiger partial charge is 0.261 e. The van der Waals surface area contributed by atoms with Crippen molar-refractivity contribution in [2.75, 3.05) is 13.1 Å². The number of hydrogen-bond acceptors (Lipinski definition) is 10. The van der Waals surface area contributed by atoms with Crippen molar-refractivity contribution in [2.45, 2.75) is 6.42 Å². The Hall–Kier alpha value is -5.36. The maximum absolute atomic E-state index is 12.2. The van der Waals surface area contributed by atoms with Gasteiger partial charge in [0, 0.05) is 13.1 Å². The van der Waals surface area contributed by atoms with Crippen molar-refractivity contribution in [3.8, 4) is 46.6 Å². The molecule has 0 heterocycles. The number of amides is 2. The number of carbonyl (C=O) groups is 2. The third-order valence-electron chi connectivity index (χ3n) is 4.46. The van der Waals surface area contributed by atoms with Crippen LogP contribution in [-0.2, 0) is 9.59 Å². The maximum Gasteiger partial charge on any atom is 0.261 e. The van der Waals surface area contributed by atoms with Gasteiger partial charge in [0.15, 0.2) is 34.5 Å². The van der Waals surface area contributed by atoms with Crippen LogP contribution in [0.5, 0.6) is 34.5 Å². The zero-order valence-corrected chi connectivity index (χ0v) is 18.0. The number of nitrogens with one attached hydrogen (secondary N) is 2. The van der Waals surface area contributed by atoms with Crippen LogP contribution in [0.25, 0.3) is 12.2 Å². The predicted octanol–water partition coefficient (Wildman–Crippen LogP) is 1.06. The highest BCUT2D eigenvalue weighted by Crippen LogP contribution is 2.36. The summed E-state index contributed by atoms with van der Waals surface area (Å²) in [4.78, 5) is 24.3. The molecule has 35 heavy (non-hydrogen) atoms. The summed E-state index contributed by atoms with van der Waals surface area (Å²) in [7, 11) is 0. The molecule has 0 atom stereocenters. The summed E-state index contributed by atoms with van der Waals surface area (Å²) >= 11 is 0. The second kappa shape index (κ2) is 11.5. The van der Waals surface area contributed by atoms with Gasteiger partial charge < -0.3 is 41.3 Å². The van der Waals surface area contributed by atoms with Crippen molar-refractivity contribution < 1.29 is 40.2 Å². The highest BCUT2D eigenvalue weighted by atomic mass is 16.3. The van der Waals surface area contributed by atoms with Crippen molar-refractivity contribution in [2.24, 2.45) is 0 Å². The largest absolute Gasteiger partial charge is 0.504 e. The number of aromatic hydroxyl groups is 6. The SMILES string of the molecule is N#C/C(=C/c1cc(O)c(O)c(O)c1)C(=O)NCCCNC(=O)/C(C#N)=C/c1cc(O)c(O)c(O)c1. The van der Waals surface area contributed by atoms with E-state index in [-0.39, 0.29) is 41.8 Å². The molecule has 0 aliphatic heterocycles. The quantitative estimate of drug-likeness (QED) is 0.116. The number of carbonyl (C=O) groups excluding carboxylic acids is 2. The van der Waals surface area contributed by atoms with Crippen LogP contribution in [0.4, 0.5) is 0 Å². The Morgan fingerprint density at radius 1 is 0.686 bits per heavy atom. The van der Waals surface area contributed by atoms with Gasteiger partial charge in [-0.25, -0.2) is 0 Å². The van der Waals surface area contributed by atoms with E-state index in [1.165, 1.54) is 0 Å². The summed E-state index contributed by atoms with van der Waals surface area (Å²) in [5, 5.41) is 80.0. The van der Waals surface area contributed by atoms with Gasteiger partial charge >= 0.3 is 0 Å². The van der Waals surface area contributed by atoms with Crippen LogP contribution in [0.3, 0.4) is 0 Å². The van der Waals surface area contributed by atoms with Crippen LogP contribution < -0.4 is 10.6 Å². The molecule has 0 bridgehead atoms. The molecule has 0 aliphatic carbocycles. The minimum Gasteiger partial charge on any atom is -0.504 e. The monoisotopic (exact) mass is 480 g/mol. The summed E-state index contributed by atoms with van der Waals surface area (Å²) in [6.45, 7) is 0.102. The third-order valence-corrected chi connectivity index (χ3v) is 4.46. The number of nitriles is 2. The lowest BCUT2D eigenvalue weighted by Gasteiger charge is -2.07. The third kappa shape index (κ3) is 6.81. The molecule has 0 aromatic heterocycles. The molecule has 0 saturated carbocycles. The van der Waals surface area contributed by atoms with Crippen molar-refractivity contribution in [3.05, 3.63) is 46.5 Å². The number of rotatable bonds is 8. The van der Waals surface area contributed by atoms with Crippen LogP contribution in [0.2, 0.25) is 0 Å². The van der Waals surface area contributed by atoms with Crippen LogP contribution >= 0.6 is 0 Å². The zero-order valence-electron chi connectivity index (χ0n) is 18.0. The number of benzene rings is 2. The summed E-state index contributed by atoms with van der Waals surface area (Å²) in [6, 6.07) is 7.57. The number of phenols is 6. The van der Waals surface area contributed by atoms with Crippen LogP contribution in [0.15, 0.2) is 35.4 Å². The molecule has 12 nitrogen and oxygen atoms in total. The fourth-order valence-electron chi connectivity index (χ4n) is 2.73. The van der Waals surface area contributed by atoms with Gasteiger partial charge in [0.1, 0.15) is 23.3 Å². The highest BCUT2D eigenvalue weighted by molar-refractivity contribution is 6.02. The summed E-state index contributed by atoms with van der Waals surface area (Å²) in [6.07, 6.45) is 2.42. The Bertz CT molecular complexity index is 1160. The molecule has 2 aromatic rings. The normalized spacial score (nSPS) is 11.3. The van der Waals surface area contributed by atoms with E-state index in [4.69, 9.17) is 0 Å². The minimum atomic E-state index is -0.754. The zero-order chi connectivity index (χ0) is 26.1. The van der Waals surface area contributed by atoms with E-state index in [1.807, 2.05) is 0 Å². The lowest BCUT2D eigenvalue weighted by Crippen LogP contribution is -2.30. The maximum atomic E-state index is 12.2. The van der Waals surface area contributed by atoms with Gasteiger partial charge in [-0.2, -0.15) is 10.5 Å². The second-order valence-corrected chi connectivity index (χ2v) is 7.02. The lowest BCUT2D eigenvalue weighted by molar-refractivity contribution is -0.117. The van der Waals surface area contributed by atoms with Crippen molar-refractivity contribution >= 4 is 24.0 Å². The van der Waals surface area contributed by atoms with E-state index in [0.29, 0.717) is 0 Å². The Kier molecular flexibility index (Phi) is 8.50. The first-order valence-electron chi connectivity index (χ1n) is 9.87. The number of hydrogen-bond donors (Lipinski definition) is 8. The Balaban J connectivity index is 1.91. The molecular formula is C23H20N4O8. The first-order valence-corrected chi connectivity index (χ1v) is 9.87. The Labute approximate surface area is 198 Å². The average molecular weight is 480 g/mol. The number of phenolic OH excluding ortho intramolecular Hbond substituents is 6. The molecular weight excluding hydrogens is 460 g/mol. The topological polar surface area (TPSA) is 227 Å². The van der Waals surface area contributed by atoms with Crippen LogP contribution in [0.1, 0.15) is 17.5 Å². The molecule has 0 spiro atoms. The van der Waals surface area contributed by atoms with Gasteiger partial charge in [-0.15, -0.1) is 0 Å². The van der Waals surface area contributed by atoms with Gasteiger partial charge in [0.2, 0.25) is 0 Å². The van der Waals surface area contributed by atoms with Crippen LogP contribution in [-0.4, -0.2) is 55.5 Å². The van der Waals surface area contributed by atoms with Gasteiger partial charge in [-0.1, -0.05) is 0 Å². The van der Waals surface area contributed by atoms with Crippen LogP contribution in [0, 0.1) is 22.7 Å². The van der Waals surface area contributed by atoms with Gasteiger partial charge in [0.05, 0.1) is 0 Å². The summed E-state index contributed by atoms with van der Waals surface area (Å²) in [5.74, 6) is -5.50. The van der Waals surface area contributed by atoms with E-state index in [9.17, 15) is 50.8 Å². The predicted molar refractivity (Wildman–Crippen MR) is 121 cm³/mol. The molecule has 0 fully saturated rings. The van der Waals surface area contributed by atoms with E-state index in [2.05, 4.69) is 10.6 Å². The molecule has 12 heteroatoms. The molecule has 2 aromatic carbocycles.